The van der Waals surface area contributed by atoms with Crippen molar-refractivity contribution in [3.05, 3.63) is 0 Å². The fourth-order valence-electron chi connectivity index (χ4n) is 6.92. The summed E-state index contributed by atoms with van der Waals surface area (Å²) in [5.74, 6) is 10.8. The number of ether oxygens (including phenoxy) is 1. The normalized spacial score (nSPS) is 26.7. The number of halogens is 1. The van der Waals surface area contributed by atoms with Crippen LogP contribution in [-0.4, -0.2) is 75.3 Å². The second-order valence-corrected chi connectivity index (χ2v) is 25.5. The average molecular weight is 713 g/mol. The third-order valence-corrected chi connectivity index (χ3v) is 11.3. The summed E-state index contributed by atoms with van der Waals surface area (Å²) >= 11 is 0. The SMILES string of the molecule is C.C#C[C@@]1(C(=O)OC)C(=O)CCC(C)(C)[C@@H]1CCC#C[Si](C)(C)C.C#C[C@@]1(CO)[C@H](O)CCC(C)(C)[C@@H]1CCC#C[Si](C)(C)C.F.[AlH3].[H-].[Li+]. The number of Topliss-reactive ketones (excluding diaryl/α,β-unsaturated/α-hetero) is 1. The number of esters is 1. The van der Waals surface area contributed by atoms with Gasteiger partial charge in [-0.15, -0.1) is 35.8 Å². The van der Waals surface area contributed by atoms with Gasteiger partial charge in [-0.2, -0.15) is 0 Å². The summed E-state index contributed by atoms with van der Waals surface area (Å²) in [5, 5.41) is 20.2. The van der Waals surface area contributed by atoms with Crippen LogP contribution in [0.2, 0.25) is 39.3 Å². The maximum Gasteiger partial charge on any atom is 1.00 e. The molecule has 2 saturated carbocycles. The molecule has 0 aromatic heterocycles. The number of carbonyl (C=O) groups excluding carboxylic acids is 2. The van der Waals surface area contributed by atoms with Crippen LogP contribution in [0.5, 0.6) is 0 Å². The van der Waals surface area contributed by atoms with Crippen LogP contribution in [0.1, 0.15) is 87.9 Å². The molecule has 2 N–H and O–H groups in total. The number of ketones is 1. The van der Waals surface area contributed by atoms with Gasteiger partial charge in [0.1, 0.15) is 16.1 Å². The summed E-state index contributed by atoms with van der Waals surface area (Å²) in [6, 6.07) is 0. The molecular formula is C38H67AlFLiO5Si2. The van der Waals surface area contributed by atoms with E-state index in [1.807, 2.05) is 0 Å². The number of methoxy groups -OCH3 is 1. The summed E-state index contributed by atoms with van der Waals surface area (Å²) in [5.41, 5.74) is 4.25. The molecule has 2 rings (SSSR count). The molecule has 0 heterocycles. The van der Waals surface area contributed by atoms with Crippen LogP contribution in [0, 0.1) is 81.1 Å². The van der Waals surface area contributed by atoms with Crippen molar-refractivity contribution in [2.75, 3.05) is 13.7 Å². The maximum atomic E-state index is 12.6. The molecule has 0 radical (unpaired) electrons. The number of rotatable bonds is 6. The zero-order valence-corrected chi connectivity index (χ0v) is 32.8. The van der Waals surface area contributed by atoms with Crippen LogP contribution < -0.4 is 18.9 Å². The molecule has 0 unspecified atom stereocenters. The van der Waals surface area contributed by atoms with Gasteiger partial charge in [-0.3, -0.25) is 9.50 Å². The predicted molar refractivity (Wildman–Crippen MR) is 207 cm³/mol. The molecule has 48 heavy (non-hydrogen) atoms. The first-order chi connectivity index (χ1) is 20.1. The first-order valence-electron chi connectivity index (χ1n) is 16.0. The van der Waals surface area contributed by atoms with E-state index in [0.717, 1.165) is 25.7 Å². The Morgan fingerprint density at radius 3 is 1.73 bits per heavy atom. The van der Waals surface area contributed by atoms with Crippen molar-refractivity contribution in [1.29, 1.82) is 0 Å². The minimum absolute atomic E-state index is 0. The van der Waals surface area contributed by atoms with Gasteiger partial charge in [-0.1, -0.05) is 86.2 Å². The molecule has 0 aliphatic heterocycles. The van der Waals surface area contributed by atoms with Gasteiger partial charge in [0.25, 0.3) is 0 Å². The van der Waals surface area contributed by atoms with E-state index in [1.54, 1.807) is 0 Å². The van der Waals surface area contributed by atoms with Gasteiger partial charge in [0.05, 0.1) is 25.2 Å². The zero-order valence-electron chi connectivity index (χ0n) is 31.8. The second kappa shape index (κ2) is 21.2. The molecule has 2 aliphatic rings. The van der Waals surface area contributed by atoms with Crippen LogP contribution in [-0.2, 0) is 14.3 Å². The van der Waals surface area contributed by atoms with Crippen molar-refractivity contribution < 1.29 is 49.5 Å². The minimum atomic E-state index is -1.46. The van der Waals surface area contributed by atoms with Crippen LogP contribution in [0.3, 0.4) is 0 Å². The van der Waals surface area contributed by atoms with Crippen LogP contribution in [0.4, 0.5) is 4.70 Å². The number of hydrogen-bond donors (Lipinski definition) is 2. The summed E-state index contributed by atoms with van der Waals surface area (Å²) in [6.07, 6.45) is 16.4. The van der Waals surface area contributed by atoms with Crippen molar-refractivity contribution in [3.8, 4) is 47.6 Å². The third-order valence-electron chi connectivity index (χ3n) is 9.43. The molecule has 268 valence electrons. The van der Waals surface area contributed by atoms with E-state index in [1.165, 1.54) is 7.11 Å². The maximum absolute atomic E-state index is 12.6. The molecule has 0 aromatic carbocycles. The number of aliphatic hydroxyl groups excluding tert-OH is 2. The Hall–Kier alpha value is -1.21. The Labute approximate surface area is 319 Å². The number of hydrogen-bond acceptors (Lipinski definition) is 5. The van der Waals surface area contributed by atoms with Crippen molar-refractivity contribution >= 4 is 45.3 Å². The monoisotopic (exact) mass is 712 g/mol. The Morgan fingerprint density at radius 1 is 0.917 bits per heavy atom. The van der Waals surface area contributed by atoms with E-state index in [4.69, 9.17) is 17.6 Å². The van der Waals surface area contributed by atoms with E-state index in [2.05, 4.69) is 102 Å². The van der Waals surface area contributed by atoms with Gasteiger partial charge in [-0.25, -0.2) is 4.79 Å². The fraction of sp³-hybridized carbons (Fsp3) is 0.737. The smallest absolute Gasteiger partial charge is 1.00 e. The van der Waals surface area contributed by atoms with E-state index < -0.39 is 39.1 Å². The summed E-state index contributed by atoms with van der Waals surface area (Å²) in [6.45, 7) is 21.6. The third kappa shape index (κ3) is 13.5. The predicted octanol–water partition coefficient (Wildman–Crippen LogP) is 3.22. The van der Waals surface area contributed by atoms with Gasteiger partial charge in [-0.05, 0) is 54.8 Å². The topological polar surface area (TPSA) is 83.8 Å². The minimum Gasteiger partial charge on any atom is -1.00 e. The van der Waals surface area contributed by atoms with E-state index in [-0.39, 0.29) is 84.8 Å². The number of carbonyl (C=O) groups is 2. The molecule has 0 saturated heterocycles. The van der Waals surface area contributed by atoms with Crippen LogP contribution >= 0.6 is 0 Å². The number of terminal acetylenes is 2. The van der Waals surface area contributed by atoms with Gasteiger partial charge in [0.15, 0.2) is 28.6 Å². The first kappa shape index (κ1) is 53.6. The molecule has 0 amide bonds. The van der Waals surface area contributed by atoms with Crippen molar-refractivity contribution in [1.82, 2.24) is 0 Å². The number of aliphatic hydroxyl groups is 2. The standard InChI is InChI=1S/C19H28O3Si.C18H30O2Si.CH4.Al.FH.Li.4H/c1-8-19(17(21)22-4)15(11-9-10-14-23(5,6)7)18(2,3)13-12-16(19)20;1-7-18(14-19)15(10-8-9-13-21(4,5)6)17(2,3)12-11-16(18)20;;;;;;;;/h1,15H,9,11-13H2,2-7H3;1,15-16,19-20H,8,10-12,14H2,2-6H3;1H4;;1H;;;;;/q;;;;;+1;;;;-1/t15-,19-;15-,16+,18-;;;;;;;;/m00......../s1. The van der Waals surface area contributed by atoms with E-state index >= 15 is 0 Å². The van der Waals surface area contributed by atoms with E-state index in [9.17, 15) is 19.8 Å². The molecule has 5 nitrogen and oxygen atoms in total. The molecule has 5 atom stereocenters. The van der Waals surface area contributed by atoms with Crippen molar-refractivity contribution in [2.45, 2.75) is 132 Å². The van der Waals surface area contributed by atoms with Gasteiger partial charge in [0.2, 0.25) is 0 Å². The van der Waals surface area contributed by atoms with Crippen LogP contribution in [0.15, 0.2) is 0 Å². The fourth-order valence-corrected chi connectivity index (χ4v) is 8.23. The first-order valence-corrected chi connectivity index (χ1v) is 23.0. The molecule has 10 heteroatoms. The summed E-state index contributed by atoms with van der Waals surface area (Å²) in [4.78, 5) is 25.0. The van der Waals surface area contributed by atoms with Gasteiger partial charge in [0, 0.05) is 19.3 Å². The molecular weight excluding hydrogens is 646 g/mol. The zero-order chi connectivity index (χ0) is 34.2. The van der Waals surface area contributed by atoms with Crippen molar-refractivity contribution in [2.24, 2.45) is 33.5 Å². The Balaban J connectivity index is -0.000000240. The van der Waals surface area contributed by atoms with E-state index in [0.29, 0.717) is 25.7 Å². The second-order valence-electron chi connectivity index (χ2n) is 16.0. The van der Waals surface area contributed by atoms with Gasteiger partial charge >= 0.3 is 24.8 Å². The average Bonchev–Trinajstić information content (AvgIpc) is 2.92. The molecule has 2 fully saturated rings. The van der Waals surface area contributed by atoms with Crippen LogP contribution in [0.25, 0.3) is 0 Å². The molecule has 0 spiro atoms. The molecule has 0 bridgehead atoms. The Kier molecular flexibility index (Phi) is 23.7. The molecule has 0 aromatic rings. The van der Waals surface area contributed by atoms with Gasteiger partial charge < -0.3 is 16.4 Å². The quantitative estimate of drug-likeness (QED) is 0.192. The summed E-state index contributed by atoms with van der Waals surface area (Å²) < 4.78 is 4.91. The summed E-state index contributed by atoms with van der Waals surface area (Å²) in [7, 11) is -1.48. The van der Waals surface area contributed by atoms with Crippen molar-refractivity contribution in [3.63, 3.8) is 0 Å². The Morgan fingerprint density at radius 2 is 1.35 bits per heavy atom. The molecule has 2 aliphatic carbocycles. The Bertz CT molecular complexity index is 1250. The largest absolute Gasteiger partial charge is 1.00 e.